The number of aliphatic hydroxyl groups excluding tert-OH is 1. The van der Waals surface area contributed by atoms with Crippen molar-refractivity contribution in [1.29, 1.82) is 0 Å². The molecule has 0 aromatic carbocycles. The molecule has 0 aromatic rings. The predicted molar refractivity (Wildman–Crippen MR) is 126 cm³/mol. The van der Waals surface area contributed by atoms with Crippen LogP contribution in [0.15, 0.2) is 25.3 Å². The van der Waals surface area contributed by atoms with Crippen molar-refractivity contribution < 1.29 is 33.1 Å². The first-order valence-corrected chi connectivity index (χ1v) is 13.2. The number of ether oxygens (including phenoxy) is 4. The Morgan fingerprint density at radius 3 is 2.15 bits per heavy atom. The summed E-state index contributed by atoms with van der Waals surface area (Å²) < 4.78 is 34.8. The van der Waals surface area contributed by atoms with Crippen LogP contribution in [-0.4, -0.2) is 86.0 Å². The molecule has 4 aliphatic rings. The van der Waals surface area contributed by atoms with E-state index in [2.05, 4.69) is 24.9 Å². The molecule has 4 aliphatic heterocycles. The van der Waals surface area contributed by atoms with Crippen LogP contribution in [0.5, 0.6) is 0 Å². The monoisotopic (exact) mass is 483 g/mol. The van der Waals surface area contributed by atoms with Gasteiger partial charge in [0.2, 0.25) is 6.54 Å². The Kier molecular flexibility index (Phi) is 8.75. The third-order valence-corrected chi connectivity index (χ3v) is 8.39. The maximum Gasteiger partial charge on any atom is 0.238 e. The van der Waals surface area contributed by atoms with Crippen molar-refractivity contribution in [3.8, 4) is 0 Å². The highest BCUT2D eigenvalue weighted by molar-refractivity contribution is 7.46. The first kappa shape index (κ1) is 26.7. The summed E-state index contributed by atoms with van der Waals surface area (Å²) in [5.41, 5.74) is -0.989. The van der Waals surface area contributed by atoms with Gasteiger partial charge in [0.25, 0.3) is 0 Å². The molecular weight excluding hydrogens is 445 g/mol. The smallest absolute Gasteiger partial charge is 0.238 e. The Morgan fingerprint density at radius 2 is 1.64 bits per heavy atom. The predicted octanol–water partition coefficient (Wildman–Crippen LogP) is 3.35. The molecule has 9 heteroatoms. The van der Waals surface area contributed by atoms with Crippen molar-refractivity contribution in [2.75, 3.05) is 33.0 Å². The van der Waals surface area contributed by atoms with Gasteiger partial charge < -0.3 is 37.9 Å². The third-order valence-electron chi connectivity index (χ3n) is 7.32. The molecule has 4 fully saturated rings. The van der Waals surface area contributed by atoms with Crippen LogP contribution in [0.4, 0.5) is 0 Å². The van der Waals surface area contributed by atoms with Crippen LogP contribution in [0.1, 0.15) is 27.7 Å². The molecule has 1 unspecified atom stereocenters. The number of aliphatic hydroxyl groups is 1. The molecule has 0 spiro atoms. The second-order valence-corrected chi connectivity index (χ2v) is 10.6. The third kappa shape index (κ3) is 4.80. The first-order chi connectivity index (χ1) is 15.7. The van der Waals surface area contributed by atoms with E-state index in [1.165, 1.54) is 0 Å². The minimum Gasteiger partial charge on any atom is -0.387 e. The van der Waals surface area contributed by atoms with Gasteiger partial charge in [-0.15, -0.1) is 13.2 Å². The summed E-state index contributed by atoms with van der Waals surface area (Å²) in [6, 6.07) is 0. The molecule has 4 bridgehead atoms. The highest BCUT2D eigenvalue weighted by Gasteiger charge is 2.63. The standard InChI is InChI=1S/C14H22NO4P.C10H16O3/c1-6-10(2)14-9-16-12(11(3)18-14)13(14)19-20(5)17-8-7-15-4;1-4-6(2)10-5-12-8(9(10)11)7(3)13-10/h6,10-13H,1,7-9H2,2-3,5H3;4,6-9,11H,1,5H2,2-3H3/t10-,11-,12-,13-,14+,20?;6-,7-,8-,9-,10+/m00/s1. The van der Waals surface area contributed by atoms with Gasteiger partial charge in [-0.1, -0.05) is 26.0 Å². The van der Waals surface area contributed by atoms with E-state index in [0.29, 0.717) is 26.4 Å². The van der Waals surface area contributed by atoms with Crippen LogP contribution in [-0.2, 0) is 28.0 Å². The molecule has 4 saturated heterocycles. The number of nitrogens with zero attached hydrogens (tertiary/aromatic N) is 1. The maximum absolute atomic E-state index is 9.95. The Labute approximate surface area is 198 Å². The zero-order valence-electron chi connectivity index (χ0n) is 20.3. The second-order valence-electron chi connectivity index (χ2n) is 9.28. The largest absolute Gasteiger partial charge is 0.387 e. The van der Waals surface area contributed by atoms with Crippen LogP contribution < -0.4 is 0 Å². The van der Waals surface area contributed by atoms with E-state index in [4.69, 9.17) is 34.6 Å². The zero-order chi connectivity index (χ0) is 24.4. The lowest BCUT2D eigenvalue weighted by atomic mass is 9.86. The molecule has 0 saturated carbocycles. The van der Waals surface area contributed by atoms with Gasteiger partial charge in [0, 0.05) is 18.5 Å². The van der Waals surface area contributed by atoms with E-state index >= 15 is 0 Å². The van der Waals surface area contributed by atoms with Crippen LogP contribution in [0, 0.1) is 18.4 Å². The lowest BCUT2D eigenvalue weighted by Gasteiger charge is -2.35. The fourth-order valence-corrected chi connectivity index (χ4v) is 6.14. The van der Waals surface area contributed by atoms with Crippen molar-refractivity contribution >= 4 is 8.38 Å². The summed E-state index contributed by atoms with van der Waals surface area (Å²) in [4.78, 5) is 3.27. The topological polar surface area (TPSA) is 80.0 Å². The minimum atomic E-state index is -1.03. The molecule has 0 amide bonds. The van der Waals surface area contributed by atoms with Crippen LogP contribution >= 0.6 is 8.38 Å². The van der Waals surface area contributed by atoms with Gasteiger partial charge in [0.05, 0.1) is 25.4 Å². The van der Waals surface area contributed by atoms with Gasteiger partial charge in [-0.05, 0) is 13.8 Å². The zero-order valence-corrected chi connectivity index (χ0v) is 21.2. The molecule has 4 rings (SSSR count). The van der Waals surface area contributed by atoms with Crippen LogP contribution in [0.2, 0.25) is 0 Å². The van der Waals surface area contributed by atoms with Gasteiger partial charge in [-0.2, -0.15) is 0 Å². The molecule has 4 heterocycles. The van der Waals surface area contributed by atoms with Crippen molar-refractivity contribution in [2.24, 2.45) is 11.8 Å². The van der Waals surface area contributed by atoms with Crippen molar-refractivity contribution in [1.82, 2.24) is 0 Å². The van der Waals surface area contributed by atoms with E-state index in [1.807, 2.05) is 39.6 Å². The summed E-state index contributed by atoms with van der Waals surface area (Å²) in [7, 11) is -1.03. The van der Waals surface area contributed by atoms with Gasteiger partial charge in [0.15, 0.2) is 8.38 Å². The SMILES string of the molecule is C=C[C@H](C)[C@@]12CO[C@@H]([C@H](C)O1)[C@@H]2O.[C-]#[N+]CCOP(C)O[C@H]1[C@H]2OC[C@]1([C@@H](C)C=C)O[C@H]2C. The van der Waals surface area contributed by atoms with E-state index in [0.717, 1.165) is 0 Å². The molecule has 1 N–H and O–H groups in total. The van der Waals surface area contributed by atoms with Crippen LogP contribution in [0.25, 0.3) is 4.85 Å². The average molecular weight is 484 g/mol. The van der Waals surface area contributed by atoms with Crippen molar-refractivity contribution in [2.45, 2.75) is 75.5 Å². The summed E-state index contributed by atoms with van der Waals surface area (Å²) in [6.45, 7) is 26.1. The molecule has 0 radical (unpaired) electrons. The molecule has 8 nitrogen and oxygen atoms in total. The maximum atomic E-state index is 9.95. The molecule has 0 aliphatic carbocycles. The number of rotatable bonds is 9. The van der Waals surface area contributed by atoms with E-state index in [-0.39, 0.29) is 42.4 Å². The Balaban J connectivity index is 0.000000203. The van der Waals surface area contributed by atoms with Gasteiger partial charge in [0.1, 0.15) is 42.2 Å². The highest BCUT2D eigenvalue weighted by atomic mass is 31.2. The minimum absolute atomic E-state index is 0.00819. The van der Waals surface area contributed by atoms with Crippen molar-refractivity contribution in [3.63, 3.8) is 0 Å². The first-order valence-electron chi connectivity index (χ1n) is 11.6. The lowest BCUT2D eigenvalue weighted by molar-refractivity contribution is -0.153. The highest BCUT2D eigenvalue weighted by Crippen LogP contribution is 2.51. The lowest BCUT2D eigenvalue weighted by Crippen LogP contribution is -2.46. The molecule has 0 aromatic heterocycles. The summed E-state index contributed by atoms with van der Waals surface area (Å²) in [5.74, 6) is 0.270. The van der Waals surface area contributed by atoms with E-state index in [1.54, 1.807) is 0 Å². The van der Waals surface area contributed by atoms with Crippen molar-refractivity contribution in [3.05, 3.63) is 36.7 Å². The number of hydrogen-bond acceptors (Lipinski definition) is 7. The summed E-state index contributed by atoms with van der Waals surface area (Å²) in [5, 5.41) is 9.95. The summed E-state index contributed by atoms with van der Waals surface area (Å²) in [6.07, 6.45) is 2.87. The molecule has 33 heavy (non-hydrogen) atoms. The molecule has 186 valence electrons. The fourth-order valence-electron chi connectivity index (χ4n) is 5.12. The van der Waals surface area contributed by atoms with Gasteiger partial charge in [-0.25, -0.2) is 6.57 Å². The van der Waals surface area contributed by atoms with Crippen LogP contribution in [0.3, 0.4) is 0 Å². The Bertz CT molecular complexity index is 747. The summed E-state index contributed by atoms with van der Waals surface area (Å²) >= 11 is 0. The Morgan fingerprint density at radius 1 is 1.09 bits per heavy atom. The number of hydrogen-bond donors (Lipinski definition) is 1. The fraction of sp³-hybridized carbons (Fsp3) is 0.792. The normalized spacial score (nSPS) is 43.3. The molecule has 11 atom stereocenters. The quantitative estimate of drug-likeness (QED) is 0.233. The van der Waals surface area contributed by atoms with E-state index < -0.39 is 25.7 Å². The number of fused-ring (bicyclic) bond motifs is 4. The second kappa shape index (κ2) is 10.8. The van der Waals surface area contributed by atoms with Gasteiger partial charge >= 0.3 is 0 Å². The Hall–Kier alpha value is -0.880. The van der Waals surface area contributed by atoms with Gasteiger partial charge in [-0.3, -0.25) is 0 Å². The van der Waals surface area contributed by atoms with E-state index in [9.17, 15) is 5.11 Å². The average Bonchev–Trinajstić information content (AvgIpc) is 3.47. The molecular formula is C24H38NO7P.